The summed E-state index contributed by atoms with van der Waals surface area (Å²) in [6, 6.07) is 8.77. The van der Waals surface area contributed by atoms with E-state index >= 15 is 0 Å². The van der Waals surface area contributed by atoms with Gasteiger partial charge in [-0.25, -0.2) is 0 Å². The zero-order valence-corrected chi connectivity index (χ0v) is 11.8. The van der Waals surface area contributed by atoms with Gasteiger partial charge in [0, 0.05) is 6.04 Å². The lowest BCUT2D eigenvalue weighted by molar-refractivity contribution is 0.275. The van der Waals surface area contributed by atoms with Crippen LogP contribution in [0.1, 0.15) is 50.3 Å². The first-order valence-electron chi connectivity index (χ1n) is 7.17. The van der Waals surface area contributed by atoms with Gasteiger partial charge < -0.3 is 10.1 Å². The number of rotatable bonds is 5. The molecule has 0 fully saturated rings. The quantitative estimate of drug-likeness (QED) is 0.881. The molecule has 3 nitrogen and oxygen atoms in total. The van der Waals surface area contributed by atoms with Crippen molar-refractivity contribution < 1.29 is 4.74 Å². The number of hydrogen-bond acceptors (Lipinski definition) is 3. The molecule has 0 heterocycles. The number of fused-ring (bicyclic) bond motifs is 1. The fourth-order valence-electron chi connectivity index (χ4n) is 2.61. The summed E-state index contributed by atoms with van der Waals surface area (Å²) in [5, 5.41) is 12.4. The molecule has 1 aromatic carbocycles. The van der Waals surface area contributed by atoms with Gasteiger partial charge in [-0.15, -0.1) is 0 Å². The van der Waals surface area contributed by atoms with Crippen LogP contribution in [0.15, 0.2) is 18.2 Å². The van der Waals surface area contributed by atoms with E-state index in [1.807, 2.05) is 6.07 Å². The number of benzene rings is 1. The fraction of sp³-hybridized carbons (Fsp3) is 0.562. The summed E-state index contributed by atoms with van der Waals surface area (Å²) in [4.78, 5) is 0. The minimum atomic E-state index is -0.399. The molecule has 0 saturated heterocycles. The molecule has 3 heteroatoms. The third kappa shape index (κ3) is 3.48. The average molecular weight is 258 g/mol. The van der Waals surface area contributed by atoms with Gasteiger partial charge >= 0.3 is 0 Å². The molecule has 0 aliphatic heterocycles. The molecule has 2 atom stereocenters. The maximum Gasteiger partial charge on any atom is 0.181 e. The van der Waals surface area contributed by atoms with Gasteiger partial charge in [0.1, 0.15) is 11.8 Å². The van der Waals surface area contributed by atoms with E-state index in [1.54, 1.807) is 6.92 Å². The van der Waals surface area contributed by atoms with Crippen LogP contribution in [-0.4, -0.2) is 12.6 Å². The first kappa shape index (κ1) is 13.9. The van der Waals surface area contributed by atoms with Gasteiger partial charge in [0.2, 0.25) is 0 Å². The van der Waals surface area contributed by atoms with E-state index in [-0.39, 0.29) is 0 Å². The van der Waals surface area contributed by atoms with Crippen LogP contribution < -0.4 is 10.1 Å². The standard InChI is InChI=1S/C16H22N2O/c1-3-9-18-16-6-4-5-13-7-8-14(10-15(13)16)19-12(2)11-17/h7-8,10,12,16,18H,3-6,9H2,1-2H3. The summed E-state index contributed by atoms with van der Waals surface area (Å²) in [6.07, 6.45) is 4.32. The highest BCUT2D eigenvalue weighted by Crippen LogP contribution is 2.32. The molecule has 0 saturated carbocycles. The normalized spacial score (nSPS) is 19.3. The van der Waals surface area contributed by atoms with Gasteiger partial charge in [-0.1, -0.05) is 13.0 Å². The summed E-state index contributed by atoms with van der Waals surface area (Å²) in [5.74, 6) is 0.804. The topological polar surface area (TPSA) is 45.0 Å². The Labute approximate surface area is 115 Å². The minimum absolute atomic E-state index is 0.399. The van der Waals surface area contributed by atoms with E-state index in [2.05, 4.69) is 30.4 Å². The second-order valence-corrected chi connectivity index (χ2v) is 5.15. The van der Waals surface area contributed by atoms with E-state index in [0.29, 0.717) is 6.04 Å². The lowest BCUT2D eigenvalue weighted by atomic mass is 9.87. The highest BCUT2D eigenvalue weighted by Gasteiger charge is 2.20. The van der Waals surface area contributed by atoms with Crippen molar-refractivity contribution in [2.75, 3.05) is 6.54 Å². The third-order valence-electron chi connectivity index (χ3n) is 3.57. The van der Waals surface area contributed by atoms with Crippen LogP contribution in [0.5, 0.6) is 5.75 Å². The molecular formula is C16H22N2O. The lowest BCUT2D eigenvalue weighted by Gasteiger charge is -2.27. The van der Waals surface area contributed by atoms with Gasteiger partial charge in [0.15, 0.2) is 6.10 Å². The lowest BCUT2D eigenvalue weighted by Crippen LogP contribution is -2.26. The zero-order chi connectivity index (χ0) is 13.7. The van der Waals surface area contributed by atoms with Crippen molar-refractivity contribution >= 4 is 0 Å². The van der Waals surface area contributed by atoms with Crippen molar-refractivity contribution in [3.63, 3.8) is 0 Å². The van der Waals surface area contributed by atoms with E-state index < -0.39 is 6.10 Å². The Morgan fingerprint density at radius 2 is 2.37 bits per heavy atom. The molecule has 1 N–H and O–H groups in total. The zero-order valence-electron chi connectivity index (χ0n) is 11.8. The first-order valence-corrected chi connectivity index (χ1v) is 7.17. The number of nitriles is 1. The van der Waals surface area contributed by atoms with Crippen LogP contribution in [0, 0.1) is 11.3 Å². The van der Waals surface area contributed by atoms with E-state index in [0.717, 1.165) is 25.1 Å². The highest BCUT2D eigenvalue weighted by molar-refractivity contribution is 5.39. The number of nitrogens with one attached hydrogen (secondary N) is 1. The monoisotopic (exact) mass is 258 g/mol. The average Bonchev–Trinajstić information content (AvgIpc) is 2.45. The molecule has 0 aromatic heterocycles. The number of hydrogen-bond donors (Lipinski definition) is 1. The largest absolute Gasteiger partial charge is 0.476 e. The van der Waals surface area contributed by atoms with Crippen LogP contribution in [0.4, 0.5) is 0 Å². The second kappa shape index (κ2) is 6.58. The van der Waals surface area contributed by atoms with Crippen LogP contribution in [0.3, 0.4) is 0 Å². The number of ether oxygens (including phenoxy) is 1. The molecule has 0 spiro atoms. The Kier molecular flexibility index (Phi) is 4.81. The molecular weight excluding hydrogens is 236 g/mol. The van der Waals surface area contributed by atoms with E-state index in [9.17, 15) is 0 Å². The predicted octanol–water partition coefficient (Wildman–Crippen LogP) is 3.35. The van der Waals surface area contributed by atoms with Gasteiger partial charge in [-0.2, -0.15) is 5.26 Å². The molecule has 0 amide bonds. The van der Waals surface area contributed by atoms with Gasteiger partial charge in [-0.3, -0.25) is 0 Å². The smallest absolute Gasteiger partial charge is 0.181 e. The maximum atomic E-state index is 8.82. The summed E-state index contributed by atoms with van der Waals surface area (Å²) >= 11 is 0. The van der Waals surface area contributed by atoms with Crippen molar-refractivity contribution in [2.24, 2.45) is 0 Å². The molecule has 1 aromatic rings. The minimum Gasteiger partial charge on any atom is -0.476 e. The van der Waals surface area contributed by atoms with Gasteiger partial charge in [0.25, 0.3) is 0 Å². The maximum absolute atomic E-state index is 8.82. The van der Waals surface area contributed by atoms with Crippen molar-refractivity contribution in [1.82, 2.24) is 5.32 Å². The molecule has 19 heavy (non-hydrogen) atoms. The van der Waals surface area contributed by atoms with Crippen LogP contribution >= 0.6 is 0 Å². The summed E-state index contributed by atoms with van der Waals surface area (Å²) in [6.45, 7) is 5.00. The SMILES string of the molecule is CCCNC1CCCc2ccc(OC(C)C#N)cc21. The number of nitrogens with zero attached hydrogens (tertiary/aromatic N) is 1. The Morgan fingerprint density at radius 3 is 3.11 bits per heavy atom. The molecule has 0 radical (unpaired) electrons. The van der Waals surface area contributed by atoms with Crippen molar-refractivity contribution in [2.45, 2.75) is 51.7 Å². The summed E-state index contributed by atoms with van der Waals surface area (Å²) in [5.41, 5.74) is 2.76. The van der Waals surface area contributed by atoms with Crippen LogP contribution in [0.25, 0.3) is 0 Å². The second-order valence-electron chi connectivity index (χ2n) is 5.15. The van der Waals surface area contributed by atoms with E-state index in [1.165, 1.54) is 24.0 Å². The Balaban J connectivity index is 2.18. The molecule has 2 rings (SSSR count). The first-order chi connectivity index (χ1) is 9.24. The molecule has 1 aliphatic rings. The van der Waals surface area contributed by atoms with Gasteiger partial charge in [-0.05, 0) is 62.4 Å². The van der Waals surface area contributed by atoms with Gasteiger partial charge in [0.05, 0.1) is 0 Å². The van der Waals surface area contributed by atoms with E-state index in [4.69, 9.17) is 10.00 Å². The van der Waals surface area contributed by atoms with Crippen molar-refractivity contribution in [3.8, 4) is 11.8 Å². The van der Waals surface area contributed by atoms with Crippen molar-refractivity contribution in [1.29, 1.82) is 5.26 Å². The van der Waals surface area contributed by atoms with Crippen LogP contribution in [0.2, 0.25) is 0 Å². The Morgan fingerprint density at radius 1 is 1.53 bits per heavy atom. The molecule has 1 aliphatic carbocycles. The molecule has 102 valence electrons. The molecule has 2 unspecified atom stereocenters. The van der Waals surface area contributed by atoms with Crippen molar-refractivity contribution in [3.05, 3.63) is 29.3 Å². The Bertz CT molecular complexity index is 464. The Hall–Kier alpha value is -1.53. The summed E-state index contributed by atoms with van der Waals surface area (Å²) < 4.78 is 5.59. The molecule has 0 bridgehead atoms. The van der Waals surface area contributed by atoms with Crippen LogP contribution in [-0.2, 0) is 6.42 Å². The number of aryl methyl sites for hydroxylation is 1. The highest BCUT2D eigenvalue weighted by atomic mass is 16.5. The summed E-state index contributed by atoms with van der Waals surface area (Å²) in [7, 11) is 0. The third-order valence-corrected chi connectivity index (χ3v) is 3.57. The predicted molar refractivity (Wildman–Crippen MR) is 76.1 cm³/mol. The fourth-order valence-corrected chi connectivity index (χ4v) is 2.61.